The summed E-state index contributed by atoms with van der Waals surface area (Å²) in [7, 11) is 3.34. The molecule has 2 aromatic carbocycles. The van der Waals surface area contributed by atoms with Crippen LogP contribution in [0.15, 0.2) is 42.5 Å². The molecule has 1 atom stereocenters. The first-order valence-electron chi connectivity index (χ1n) is 9.99. The maximum absolute atomic E-state index is 13.1. The molecule has 3 N–H and O–H groups in total. The van der Waals surface area contributed by atoms with Crippen molar-refractivity contribution in [1.29, 1.82) is 0 Å². The van der Waals surface area contributed by atoms with Gasteiger partial charge in [0.05, 0.1) is 13.7 Å². The second-order valence-corrected chi connectivity index (χ2v) is 7.48. The van der Waals surface area contributed by atoms with Crippen molar-refractivity contribution in [1.82, 2.24) is 10.9 Å². The molecule has 0 spiro atoms. The molecule has 7 heteroatoms. The van der Waals surface area contributed by atoms with Crippen molar-refractivity contribution in [3.63, 3.8) is 0 Å². The van der Waals surface area contributed by atoms with E-state index in [4.69, 9.17) is 9.47 Å². The van der Waals surface area contributed by atoms with E-state index in [2.05, 4.69) is 34.4 Å². The number of benzene rings is 2. The summed E-state index contributed by atoms with van der Waals surface area (Å²) in [4.78, 5) is 14.9. The number of carbonyl (C=O) groups excluding carboxylic acids is 1. The van der Waals surface area contributed by atoms with Gasteiger partial charge in [-0.1, -0.05) is 12.1 Å². The smallest absolute Gasteiger partial charge is 0.249 e. The SMILES string of the molecule is COCc1cc(N2CCC(Nc3cccc(OC)c3)C2=O)ccc1C1CNNC1. The third kappa shape index (κ3) is 4.22. The average Bonchev–Trinajstić information content (AvgIpc) is 3.39. The molecule has 0 bridgehead atoms. The first-order chi connectivity index (χ1) is 14.2. The molecule has 0 saturated carbocycles. The molecule has 2 heterocycles. The lowest BCUT2D eigenvalue weighted by Gasteiger charge is -2.21. The molecule has 2 aliphatic rings. The Balaban J connectivity index is 1.51. The predicted octanol–water partition coefficient (Wildman–Crippen LogP) is 2.25. The van der Waals surface area contributed by atoms with Gasteiger partial charge >= 0.3 is 0 Å². The molecule has 29 heavy (non-hydrogen) atoms. The van der Waals surface area contributed by atoms with Crippen LogP contribution in [-0.2, 0) is 16.1 Å². The van der Waals surface area contributed by atoms with Gasteiger partial charge in [-0.15, -0.1) is 0 Å². The minimum atomic E-state index is -0.240. The largest absolute Gasteiger partial charge is 0.497 e. The third-order valence-electron chi connectivity index (χ3n) is 5.62. The maximum Gasteiger partial charge on any atom is 0.249 e. The van der Waals surface area contributed by atoms with Gasteiger partial charge < -0.3 is 19.7 Å². The Labute approximate surface area is 171 Å². The Bertz CT molecular complexity index is 867. The number of ether oxygens (including phenoxy) is 2. The Kier molecular flexibility index (Phi) is 5.99. The van der Waals surface area contributed by atoms with Crippen LogP contribution in [0.3, 0.4) is 0 Å². The number of methoxy groups -OCH3 is 2. The van der Waals surface area contributed by atoms with Gasteiger partial charge in [-0.25, -0.2) is 0 Å². The van der Waals surface area contributed by atoms with Crippen LogP contribution in [0.5, 0.6) is 5.75 Å². The van der Waals surface area contributed by atoms with Crippen LogP contribution in [-0.4, -0.2) is 45.8 Å². The zero-order valence-corrected chi connectivity index (χ0v) is 16.9. The third-order valence-corrected chi connectivity index (χ3v) is 5.62. The zero-order valence-electron chi connectivity index (χ0n) is 16.9. The lowest BCUT2D eigenvalue weighted by molar-refractivity contribution is -0.117. The van der Waals surface area contributed by atoms with Gasteiger partial charge in [-0.05, 0) is 41.8 Å². The van der Waals surface area contributed by atoms with E-state index in [-0.39, 0.29) is 11.9 Å². The average molecular weight is 396 g/mol. The summed E-state index contributed by atoms with van der Waals surface area (Å²) in [5.74, 6) is 1.27. The number of rotatable bonds is 7. The molecule has 1 amide bonds. The molecule has 154 valence electrons. The van der Waals surface area contributed by atoms with E-state index in [9.17, 15) is 4.79 Å². The van der Waals surface area contributed by atoms with Gasteiger partial charge in [-0.3, -0.25) is 15.6 Å². The highest BCUT2D eigenvalue weighted by Gasteiger charge is 2.33. The van der Waals surface area contributed by atoms with Crippen molar-refractivity contribution < 1.29 is 14.3 Å². The molecular weight excluding hydrogens is 368 g/mol. The van der Waals surface area contributed by atoms with Gasteiger partial charge in [0, 0.05) is 50.1 Å². The number of hydrazine groups is 1. The highest BCUT2D eigenvalue weighted by Crippen LogP contribution is 2.30. The fourth-order valence-corrected chi connectivity index (χ4v) is 4.11. The van der Waals surface area contributed by atoms with E-state index in [0.29, 0.717) is 19.1 Å². The molecule has 2 aliphatic heterocycles. The molecule has 1 unspecified atom stereocenters. The van der Waals surface area contributed by atoms with E-state index in [1.54, 1.807) is 14.2 Å². The molecule has 0 aliphatic carbocycles. The molecular formula is C22H28N4O3. The minimum Gasteiger partial charge on any atom is -0.497 e. The van der Waals surface area contributed by atoms with Gasteiger partial charge in [0.15, 0.2) is 0 Å². The first-order valence-corrected chi connectivity index (χ1v) is 9.99. The fraction of sp³-hybridized carbons (Fsp3) is 0.409. The summed E-state index contributed by atoms with van der Waals surface area (Å²) in [6.07, 6.45) is 0.758. The van der Waals surface area contributed by atoms with E-state index in [0.717, 1.165) is 42.2 Å². The molecule has 7 nitrogen and oxygen atoms in total. The van der Waals surface area contributed by atoms with Gasteiger partial charge in [-0.2, -0.15) is 0 Å². The van der Waals surface area contributed by atoms with Crippen molar-refractivity contribution in [3.05, 3.63) is 53.6 Å². The summed E-state index contributed by atoms with van der Waals surface area (Å²) in [5, 5.41) is 3.35. The number of anilines is 2. The highest BCUT2D eigenvalue weighted by molar-refractivity contribution is 6.01. The Hall–Kier alpha value is -2.61. The van der Waals surface area contributed by atoms with Crippen molar-refractivity contribution in [2.45, 2.75) is 25.0 Å². The monoisotopic (exact) mass is 396 g/mol. The normalized spacial score (nSPS) is 19.7. The van der Waals surface area contributed by atoms with Crippen LogP contribution in [0, 0.1) is 0 Å². The second kappa shape index (κ2) is 8.82. The van der Waals surface area contributed by atoms with E-state index in [1.165, 1.54) is 5.56 Å². The Morgan fingerprint density at radius 2 is 1.97 bits per heavy atom. The molecule has 2 fully saturated rings. The van der Waals surface area contributed by atoms with Crippen LogP contribution >= 0.6 is 0 Å². The van der Waals surface area contributed by atoms with Crippen LogP contribution < -0.4 is 25.8 Å². The number of hydrogen-bond acceptors (Lipinski definition) is 6. The standard InChI is InChI=1S/C22H28N4O3/c1-28-14-15-10-18(6-7-20(15)16-12-23-24-13-16)26-9-8-21(22(26)27)25-17-4-3-5-19(11-17)29-2/h3-7,10-11,16,21,23-25H,8-9,12-14H2,1-2H3. The Morgan fingerprint density at radius 3 is 2.72 bits per heavy atom. The zero-order chi connectivity index (χ0) is 20.2. The van der Waals surface area contributed by atoms with Crippen molar-refractivity contribution in [3.8, 4) is 5.75 Å². The van der Waals surface area contributed by atoms with Gasteiger partial charge in [0.2, 0.25) is 5.91 Å². The van der Waals surface area contributed by atoms with Crippen molar-refractivity contribution in [2.75, 3.05) is 44.1 Å². The fourth-order valence-electron chi connectivity index (χ4n) is 4.11. The number of nitrogens with zero attached hydrogens (tertiary/aromatic N) is 1. The van der Waals surface area contributed by atoms with E-state index >= 15 is 0 Å². The topological polar surface area (TPSA) is 74.9 Å². The molecule has 2 aromatic rings. The number of nitrogens with one attached hydrogen (secondary N) is 3. The van der Waals surface area contributed by atoms with Gasteiger partial charge in [0.1, 0.15) is 11.8 Å². The summed E-state index contributed by atoms with van der Waals surface area (Å²) >= 11 is 0. The summed E-state index contributed by atoms with van der Waals surface area (Å²) in [6, 6.07) is 13.7. The van der Waals surface area contributed by atoms with Crippen molar-refractivity contribution in [2.24, 2.45) is 0 Å². The molecule has 0 radical (unpaired) electrons. The Morgan fingerprint density at radius 1 is 1.14 bits per heavy atom. The quantitative estimate of drug-likeness (QED) is 0.667. The first kappa shape index (κ1) is 19.7. The van der Waals surface area contributed by atoms with E-state index in [1.807, 2.05) is 29.2 Å². The number of carbonyl (C=O) groups is 1. The summed E-state index contributed by atoms with van der Waals surface area (Å²) < 4.78 is 10.7. The van der Waals surface area contributed by atoms with Crippen LogP contribution in [0.4, 0.5) is 11.4 Å². The van der Waals surface area contributed by atoms with Crippen LogP contribution in [0.25, 0.3) is 0 Å². The maximum atomic E-state index is 13.1. The number of hydrogen-bond donors (Lipinski definition) is 3. The molecule has 4 rings (SSSR count). The predicted molar refractivity (Wildman–Crippen MR) is 113 cm³/mol. The lowest BCUT2D eigenvalue weighted by Crippen LogP contribution is -2.33. The second-order valence-electron chi connectivity index (χ2n) is 7.48. The highest BCUT2D eigenvalue weighted by atomic mass is 16.5. The number of amides is 1. The van der Waals surface area contributed by atoms with Crippen molar-refractivity contribution >= 4 is 17.3 Å². The summed E-state index contributed by atoms with van der Waals surface area (Å²) in [5.41, 5.74) is 10.6. The lowest BCUT2D eigenvalue weighted by atomic mass is 9.94. The van der Waals surface area contributed by atoms with Crippen LogP contribution in [0.2, 0.25) is 0 Å². The summed E-state index contributed by atoms with van der Waals surface area (Å²) in [6.45, 7) is 3.02. The molecule has 0 aromatic heterocycles. The van der Waals surface area contributed by atoms with E-state index < -0.39 is 0 Å². The van der Waals surface area contributed by atoms with Gasteiger partial charge in [0.25, 0.3) is 0 Å². The molecule has 2 saturated heterocycles. The van der Waals surface area contributed by atoms with Crippen LogP contribution in [0.1, 0.15) is 23.5 Å². The minimum absolute atomic E-state index is 0.0909.